The van der Waals surface area contributed by atoms with E-state index >= 15 is 0 Å². The molecule has 1 unspecified atom stereocenters. The van der Waals surface area contributed by atoms with E-state index < -0.39 is 16.1 Å². The van der Waals surface area contributed by atoms with E-state index in [2.05, 4.69) is 0 Å². The van der Waals surface area contributed by atoms with E-state index in [0.29, 0.717) is 31.6 Å². The van der Waals surface area contributed by atoms with Crippen molar-refractivity contribution >= 4 is 27.5 Å². The van der Waals surface area contributed by atoms with Gasteiger partial charge in [-0.15, -0.1) is 0 Å². The summed E-state index contributed by atoms with van der Waals surface area (Å²) in [5.41, 5.74) is 6.78. The third-order valence-corrected chi connectivity index (χ3v) is 5.81. The highest BCUT2D eigenvalue weighted by Gasteiger charge is 2.34. The molecule has 0 radical (unpaired) electrons. The number of amides is 2. The van der Waals surface area contributed by atoms with Crippen molar-refractivity contribution in [1.29, 1.82) is 0 Å². The molecular formula is C17H25N3O4S. The summed E-state index contributed by atoms with van der Waals surface area (Å²) < 4.78 is 25.7. The fraction of sp³-hybridized carbons (Fsp3) is 0.529. The van der Waals surface area contributed by atoms with Crippen LogP contribution in [0.25, 0.3) is 0 Å². The Balaban J connectivity index is 2.19. The molecule has 0 aromatic heterocycles. The van der Waals surface area contributed by atoms with Crippen LogP contribution in [-0.4, -0.2) is 50.5 Å². The van der Waals surface area contributed by atoms with Crippen LogP contribution in [0.1, 0.15) is 25.3 Å². The lowest BCUT2D eigenvalue weighted by Crippen LogP contribution is -2.52. The maximum absolute atomic E-state index is 12.8. The molecule has 138 valence electrons. The summed E-state index contributed by atoms with van der Waals surface area (Å²) in [5, 5.41) is 0. The number of nitrogens with zero attached hydrogens (tertiary/aromatic N) is 2. The zero-order valence-electron chi connectivity index (χ0n) is 14.8. The van der Waals surface area contributed by atoms with Gasteiger partial charge < -0.3 is 10.6 Å². The van der Waals surface area contributed by atoms with E-state index in [0.717, 1.165) is 16.1 Å². The smallest absolute Gasteiger partial charge is 0.246 e. The Hall–Kier alpha value is -2.09. The molecule has 1 atom stereocenters. The summed E-state index contributed by atoms with van der Waals surface area (Å²) in [6, 6.07) is 6.15. The molecule has 1 saturated heterocycles. The van der Waals surface area contributed by atoms with Gasteiger partial charge in [0, 0.05) is 19.0 Å². The van der Waals surface area contributed by atoms with E-state index in [-0.39, 0.29) is 17.7 Å². The topological polar surface area (TPSA) is 101 Å². The van der Waals surface area contributed by atoms with Gasteiger partial charge in [-0.3, -0.25) is 13.9 Å². The predicted octanol–water partition coefficient (Wildman–Crippen LogP) is 0.873. The molecule has 7 nitrogen and oxygen atoms in total. The first-order valence-corrected chi connectivity index (χ1v) is 10.1. The molecule has 8 heteroatoms. The normalized spacial score (nSPS) is 17.2. The van der Waals surface area contributed by atoms with Crippen molar-refractivity contribution in [2.45, 2.75) is 32.7 Å². The van der Waals surface area contributed by atoms with Crippen LogP contribution in [0.3, 0.4) is 0 Å². The van der Waals surface area contributed by atoms with E-state index in [1.54, 1.807) is 24.0 Å². The zero-order chi connectivity index (χ0) is 18.8. The van der Waals surface area contributed by atoms with Crippen molar-refractivity contribution in [3.05, 3.63) is 29.8 Å². The fourth-order valence-corrected chi connectivity index (χ4v) is 4.31. The number of hydrogen-bond acceptors (Lipinski definition) is 4. The van der Waals surface area contributed by atoms with Crippen LogP contribution in [0.15, 0.2) is 24.3 Å². The van der Waals surface area contributed by atoms with Gasteiger partial charge in [0.25, 0.3) is 0 Å². The standard InChI is InChI=1S/C17H25N3O4S/c1-12-4-6-15(7-5-12)20(25(3,23)24)13(2)17(22)19-10-8-14(9-11-19)16(18)21/h4-7,13-14H,8-11H2,1-3H3,(H2,18,21). The van der Waals surface area contributed by atoms with E-state index in [1.165, 1.54) is 0 Å². The van der Waals surface area contributed by atoms with Gasteiger partial charge >= 0.3 is 0 Å². The number of carbonyl (C=O) groups is 2. The third kappa shape index (κ3) is 4.50. The van der Waals surface area contributed by atoms with E-state index in [1.807, 2.05) is 19.1 Å². The first-order valence-electron chi connectivity index (χ1n) is 8.25. The summed E-state index contributed by atoms with van der Waals surface area (Å²) in [5.74, 6) is -0.839. The Labute approximate surface area is 148 Å². The Morgan fingerprint density at radius 3 is 2.16 bits per heavy atom. The molecule has 0 saturated carbocycles. The van der Waals surface area contributed by atoms with Gasteiger partial charge in [0.2, 0.25) is 21.8 Å². The van der Waals surface area contributed by atoms with Gasteiger partial charge in [-0.2, -0.15) is 0 Å². The average Bonchev–Trinajstić information content (AvgIpc) is 2.55. The number of carbonyl (C=O) groups excluding carboxylic acids is 2. The van der Waals surface area contributed by atoms with E-state index in [4.69, 9.17) is 5.73 Å². The van der Waals surface area contributed by atoms with Gasteiger partial charge in [0.05, 0.1) is 11.9 Å². The van der Waals surface area contributed by atoms with Crippen molar-refractivity contribution in [1.82, 2.24) is 4.90 Å². The molecule has 1 heterocycles. The summed E-state index contributed by atoms with van der Waals surface area (Å²) in [7, 11) is -3.63. The number of likely N-dealkylation sites (tertiary alicyclic amines) is 1. The Morgan fingerprint density at radius 2 is 1.72 bits per heavy atom. The van der Waals surface area contributed by atoms with Crippen LogP contribution in [-0.2, 0) is 19.6 Å². The van der Waals surface area contributed by atoms with Crippen molar-refractivity contribution in [2.75, 3.05) is 23.7 Å². The monoisotopic (exact) mass is 367 g/mol. The largest absolute Gasteiger partial charge is 0.369 e. The number of rotatable bonds is 5. The Kier molecular flexibility index (Phi) is 5.72. The highest BCUT2D eigenvalue weighted by atomic mass is 32.2. The third-order valence-electron chi connectivity index (χ3n) is 4.56. The molecule has 1 aromatic rings. The minimum atomic E-state index is -3.63. The second-order valence-corrected chi connectivity index (χ2v) is 8.43. The number of piperidine rings is 1. The molecular weight excluding hydrogens is 342 g/mol. The van der Waals surface area contributed by atoms with E-state index in [9.17, 15) is 18.0 Å². The van der Waals surface area contributed by atoms with Gasteiger partial charge in [0.1, 0.15) is 6.04 Å². The second-order valence-electron chi connectivity index (χ2n) is 6.57. The molecule has 2 N–H and O–H groups in total. The van der Waals surface area contributed by atoms with Gasteiger partial charge in [-0.05, 0) is 38.8 Å². The summed E-state index contributed by atoms with van der Waals surface area (Å²) >= 11 is 0. The summed E-state index contributed by atoms with van der Waals surface area (Å²) in [6.07, 6.45) is 2.12. The Bertz CT molecular complexity index is 738. The molecule has 0 bridgehead atoms. The molecule has 0 spiro atoms. The fourth-order valence-electron chi connectivity index (χ4n) is 3.14. The minimum absolute atomic E-state index is 0.220. The molecule has 1 aromatic carbocycles. The number of nitrogens with two attached hydrogens (primary N) is 1. The zero-order valence-corrected chi connectivity index (χ0v) is 15.6. The van der Waals surface area contributed by atoms with Crippen LogP contribution in [0.4, 0.5) is 5.69 Å². The molecule has 1 fully saturated rings. The first-order chi connectivity index (χ1) is 11.6. The second kappa shape index (κ2) is 7.43. The number of sulfonamides is 1. The van der Waals surface area contributed by atoms with Crippen LogP contribution >= 0.6 is 0 Å². The predicted molar refractivity (Wildman–Crippen MR) is 96.5 cm³/mol. The van der Waals surface area contributed by atoms with Crippen molar-refractivity contribution in [3.63, 3.8) is 0 Å². The molecule has 1 aliphatic heterocycles. The quantitative estimate of drug-likeness (QED) is 0.834. The van der Waals surface area contributed by atoms with Gasteiger partial charge in [-0.1, -0.05) is 17.7 Å². The van der Waals surface area contributed by atoms with Gasteiger partial charge in [-0.25, -0.2) is 8.42 Å². The highest BCUT2D eigenvalue weighted by Crippen LogP contribution is 2.24. The van der Waals surface area contributed by atoms with Crippen LogP contribution in [0.5, 0.6) is 0 Å². The van der Waals surface area contributed by atoms with Gasteiger partial charge in [0.15, 0.2) is 0 Å². The lowest BCUT2D eigenvalue weighted by Gasteiger charge is -2.36. The lowest BCUT2D eigenvalue weighted by atomic mass is 9.96. The van der Waals surface area contributed by atoms with Crippen LogP contribution < -0.4 is 10.0 Å². The molecule has 2 amide bonds. The molecule has 0 aliphatic carbocycles. The molecule has 25 heavy (non-hydrogen) atoms. The molecule has 1 aliphatic rings. The number of benzene rings is 1. The summed E-state index contributed by atoms with van der Waals surface area (Å²) in [6.45, 7) is 4.31. The number of anilines is 1. The average molecular weight is 367 g/mol. The SMILES string of the molecule is Cc1ccc(N(C(C)C(=O)N2CCC(C(N)=O)CC2)S(C)(=O)=O)cc1. The Morgan fingerprint density at radius 1 is 1.20 bits per heavy atom. The number of hydrogen-bond donors (Lipinski definition) is 1. The first kappa shape index (κ1) is 19.2. The maximum atomic E-state index is 12.8. The number of aryl methyl sites for hydroxylation is 1. The lowest BCUT2D eigenvalue weighted by molar-refractivity contribution is -0.135. The van der Waals surface area contributed by atoms with Crippen molar-refractivity contribution in [3.8, 4) is 0 Å². The molecule has 2 rings (SSSR count). The van der Waals surface area contributed by atoms with Crippen molar-refractivity contribution in [2.24, 2.45) is 11.7 Å². The highest BCUT2D eigenvalue weighted by molar-refractivity contribution is 7.92. The van der Waals surface area contributed by atoms with Crippen LogP contribution in [0, 0.1) is 12.8 Å². The summed E-state index contributed by atoms with van der Waals surface area (Å²) in [4.78, 5) is 25.7. The maximum Gasteiger partial charge on any atom is 0.246 e. The number of primary amides is 1. The van der Waals surface area contributed by atoms with Crippen molar-refractivity contribution < 1.29 is 18.0 Å². The minimum Gasteiger partial charge on any atom is -0.369 e. The van der Waals surface area contributed by atoms with Crippen LogP contribution in [0.2, 0.25) is 0 Å².